The van der Waals surface area contributed by atoms with Crippen LogP contribution in [0.1, 0.15) is 45.4 Å². The maximum Gasteiger partial charge on any atom is 0.673 e. The Morgan fingerprint density at radius 2 is 1.53 bits per heavy atom. The van der Waals surface area contributed by atoms with Crippen LogP contribution in [0.5, 0.6) is 0 Å². The number of likely N-dealkylation sites (N-methyl/N-ethyl adjacent to an activating group) is 1. The van der Waals surface area contributed by atoms with Gasteiger partial charge in [0.1, 0.15) is 6.67 Å². The molecule has 0 aliphatic carbocycles. The van der Waals surface area contributed by atoms with Crippen LogP contribution in [0.2, 0.25) is 0 Å². The minimum absolute atomic E-state index is 1.27. The maximum absolute atomic E-state index is 9.75. The Bertz CT molecular complexity index is 208. The minimum atomic E-state index is -6.00. The summed E-state index contributed by atoms with van der Waals surface area (Å²) in [6, 6.07) is 0. The predicted octanol–water partition coefficient (Wildman–Crippen LogP) is 2.43. The molecule has 0 radical (unpaired) electrons. The predicted molar refractivity (Wildman–Crippen MR) is 71.8 cm³/mol. The number of halogens is 4. The Morgan fingerprint density at radius 1 is 1.00 bits per heavy atom. The molecular formula is C12H27BF4N2. The molecule has 1 heterocycles. The Kier molecular flexibility index (Phi) is 10.3. The fourth-order valence-electron chi connectivity index (χ4n) is 2.25. The van der Waals surface area contributed by atoms with Gasteiger partial charge < -0.3 is 22.2 Å². The number of rotatable bonds is 7. The first-order chi connectivity index (χ1) is 8.83. The van der Waals surface area contributed by atoms with E-state index in [4.69, 9.17) is 0 Å². The van der Waals surface area contributed by atoms with Crippen LogP contribution in [0.3, 0.4) is 0 Å². The third kappa shape index (κ3) is 15.6. The molecule has 0 saturated carbocycles. The molecular weight excluding hydrogens is 259 g/mol. The van der Waals surface area contributed by atoms with Gasteiger partial charge in [-0.3, -0.25) is 4.90 Å². The van der Waals surface area contributed by atoms with E-state index in [0.717, 1.165) is 0 Å². The highest BCUT2D eigenvalue weighted by atomic mass is 19.5. The fraction of sp³-hybridized carbons (Fsp3) is 1.00. The van der Waals surface area contributed by atoms with Gasteiger partial charge in [0.25, 0.3) is 0 Å². The number of hydrogen-bond donors (Lipinski definition) is 1. The minimum Gasteiger partial charge on any atom is -0.418 e. The quantitative estimate of drug-likeness (QED) is 0.429. The number of unbranched alkanes of at least 4 members (excludes halogenated alkanes) is 5. The molecule has 0 spiro atoms. The van der Waals surface area contributed by atoms with Crippen LogP contribution in [0.4, 0.5) is 17.3 Å². The van der Waals surface area contributed by atoms with Crippen molar-refractivity contribution in [2.24, 2.45) is 0 Å². The summed E-state index contributed by atoms with van der Waals surface area (Å²) in [5, 5.41) is 0. The summed E-state index contributed by atoms with van der Waals surface area (Å²) >= 11 is 0. The highest BCUT2D eigenvalue weighted by molar-refractivity contribution is 6.50. The molecule has 0 bridgehead atoms. The zero-order valence-electron chi connectivity index (χ0n) is 12.1. The summed E-state index contributed by atoms with van der Waals surface area (Å²) < 4.78 is 39.0. The molecule has 1 fully saturated rings. The zero-order valence-corrected chi connectivity index (χ0v) is 12.1. The van der Waals surface area contributed by atoms with Crippen LogP contribution in [-0.2, 0) is 0 Å². The van der Waals surface area contributed by atoms with Crippen LogP contribution in [0.15, 0.2) is 0 Å². The van der Waals surface area contributed by atoms with Crippen LogP contribution in [0.25, 0.3) is 0 Å². The van der Waals surface area contributed by atoms with Gasteiger partial charge >= 0.3 is 7.25 Å². The molecule has 0 aromatic heterocycles. The smallest absolute Gasteiger partial charge is 0.418 e. The maximum atomic E-state index is 9.75. The molecule has 1 aliphatic heterocycles. The van der Waals surface area contributed by atoms with E-state index >= 15 is 0 Å². The van der Waals surface area contributed by atoms with E-state index in [1.54, 1.807) is 4.90 Å². The van der Waals surface area contributed by atoms with E-state index in [0.29, 0.717) is 0 Å². The molecule has 0 aromatic rings. The lowest BCUT2D eigenvalue weighted by Crippen LogP contribution is -3.10. The van der Waals surface area contributed by atoms with Gasteiger partial charge in [-0.1, -0.05) is 32.6 Å². The molecule has 1 rings (SSSR count). The van der Waals surface area contributed by atoms with Crippen molar-refractivity contribution in [2.75, 3.05) is 33.4 Å². The average molecular weight is 286 g/mol. The van der Waals surface area contributed by atoms with E-state index < -0.39 is 7.25 Å². The lowest BCUT2D eigenvalue weighted by Gasteiger charge is -2.12. The zero-order chi connectivity index (χ0) is 14.7. The van der Waals surface area contributed by atoms with E-state index in [9.17, 15) is 17.3 Å². The molecule has 1 unspecified atom stereocenters. The number of nitrogens with one attached hydrogen (secondary N) is 1. The van der Waals surface area contributed by atoms with Crippen molar-refractivity contribution in [3.8, 4) is 0 Å². The summed E-state index contributed by atoms with van der Waals surface area (Å²) in [5.41, 5.74) is 0. The third-order valence-corrected chi connectivity index (χ3v) is 3.22. The number of quaternary nitrogens is 1. The molecule has 1 N–H and O–H groups in total. The molecule has 0 amide bonds. The van der Waals surface area contributed by atoms with Crippen LogP contribution in [0, 0.1) is 0 Å². The molecule has 19 heavy (non-hydrogen) atoms. The summed E-state index contributed by atoms with van der Waals surface area (Å²) in [6.45, 7) is 7.62. The van der Waals surface area contributed by atoms with Gasteiger partial charge in [-0.25, -0.2) is 0 Å². The number of hydrogen-bond acceptors (Lipinski definition) is 1. The Morgan fingerprint density at radius 3 is 2.00 bits per heavy atom. The second kappa shape index (κ2) is 10.5. The molecule has 116 valence electrons. The second-order valence-electron chi connectivity index (χ2n) is 5.25. The largest absolute Gasteiger partial charge is 0.673 e. The summed E-state index contributed by atoms with van der Waals surface area (Å²) in [5.74, 6) is 0. The SMILES string of the molecule is CCCCCCCC[NH+]1CCN(C)C1.F[B-](F)(F)F. The van der Waals surface area contributed by atoms with Crippen molar-refractivity contribution >= 4 is 7.25 Å². The van der Waals surface area contributed by atoms with Crippen molar-refractivity contribution in [1.82, 2.24) is 4.90 Å². The normalized spacial score (nSPS) is 20.2. The Balaban J connectivity index is 0.000000555. The lowest BCUT2D eigenvalue weighted by atomic mass is 10.1. The first-order valence-corrected chi connectivity index (χ1v) is 7.22. The van der Waals surface area contributed by atoms with Crippen LogP contribution in [-0.4, -0.2) is 45.5 Å². The van der Waals surface area contributed by atoms with E-state index in [2.05, 4.69) is 18.9 Å². The van der Waals surface area contributed by atoms with E-state index in [1.165, 1.54) is 64.8 Å². The highest BCUT2D eigenvalue weighted by Gasteiger charge is 2.20. The first kappa shape index (κ1) is 18.7. The Labute approximate surface area is 114 Å². The molecule has 0 aromatic carbocycles. The van der Waals surface area contributed by atoms with Gasteiger partial charge in [-0.05, 0) is 19.9 Å². The van der Waals surface area contributed by atoms with E-state index in [1.807, 2.05) is 0 Å². The molecule has 1 atom stereocenters. The van der Waals surface area contributed by atoms with E-state index in [-0.39, 0.29) is 0 Å². The highest BCUT2D eigenvalue weighted by Crippen LogP contribution is 2.06. The third-order valence-electron chi connectivity index (χ3n) is 3.22. The molecule has 2 nitrogen and oxygen atoms in total. The summed E-state index contributed by atoms with van der Waals surface area (Å²) in [7, 11) is -3.77. The molecule has 1 aliphatic rings. The topological polar surface area (TPSA) is 7.68 Å². The fourth-order valence-corrected chi connectivity index (χ4v) is 2.25. The molecule has 7 heteroatoms. The van der Waals surface area contributed by atoms with Gasteiger partial charge in [-0.2, -0.15) is 0 Å². The first-order valence-electron chi connectivity index (χ1n) is 7.22. The second-order valence-corrected chi connectivity index (χ2v) is 5.25. The van der Waals surface area contributed by atoms with Gasteiger partial charge in [0.05, 0.1) is 19.6 Å². The van der Waals surface area contributed by atoms with Gasteiger partial charge in [0, 0.05) is 0 Å². The van der Waals surface area contributed by atoms with Gasteiger partial charge in [-0.15, -0.1) is 0 Å². The molecule has 1 saturated heterocycles. The van der Waals surface area contributed by atoms with Crippen molar-refractivity contribution in [1.29, 1.82) is 0 Å². The van der Waals surface area contributed by atoms with Crippen molar-refractivity contribution < 1.29 is 22.2 Å². The average Bonchev–Trinajstić information content (AvgIpc) is 2.67. The number of nitrogens with zero attached hydrogens (tertiary/aromatic N) is 1. The van der Waals surface area contributed by atoms with Gasteiger partial charge in [0.2, 0.25) is 0 Å². The van der Waals surface area contributed by atoms with Crippen molar-refractivity contribution in [3.05, 3.63) is 0 Å². The monoisotopic (exact) mass is 286 g/mol. The van der Waals surface area contributed by atoms with Gasteiger partial charge in [0.15, 0.2) is 0 Å². The summed E-state index contributed by atoms with van der Waals surface area (Å²) in [6.07, 6.45) is 8.59. The summed E-state index contributed by atoms with van der Waals surface area (Å²) in [4.78, 5) is 4.23. The van der Waals surface area contributed by atoms with Crippen molar-refractivity contribution in [3.63, 3.8) is 0 Å². The van der Waals surface area contributed by atoms with Crippen LogP contribution < -0.4 is 4.90 Å². The lowest BCUT2D eigenvalue weighted by molar-refractivity contribution is -0.891. The standard InChI is InChI=1S/C12H26N2.BF4/c1-3-4-5-6-7-8-9-14-11-10-13(2)12-14;2-1(3,4)5/h3-12H2,1-2H3;/q;-1/p+1. The van der Waals surface area contributed by atoms with Crippen molar-refractivity contribution in [2.45, 2.75) is 45.4 Å². The van der Waals surface area contributed by atoms with Crippen LogP contribution >= 0.6 is 0 Å². The Hall–Kier alpha value is -0.295.